The summed E-state index contributed by atoms with van der Waals surface area (Å²) in [5.41, 5.74) is 2.73. The Morgan fingerprint density at radius 3 is 2.62 bits per heavy atom. The van der Waals surface area contributed by atoms with Gasteiger partial charge in [0.25, 0.3) is 0 Å². The molecule has 0 aromatic heterocycles. The molecule has 8 heteroatoms. The number of halogens is 4. The number of hydrogen-bond acceptors (Lipinski definition) is 4. The number of alkyl halides is 3. The lowest BCUT2D eigenvalue weighted by Gasteiger charge is -2.29. The Labute approximate surface area is 156 Å². The second-order valence-corrected chi connectivity index (χ2v) is 7.09. The molecule has 2 aromatic rings. The molecule has 0 amide bonds. The van der Waals surface area contributed by atoms with Crippen molar-refractivity contribution in [1.29, 1.82) is 0 Å². The van der Waals surface area contributed by atoms with Crippen LogP contribution in [-0.2, 0) is 0 Å². The molecule has 2 heterocycles. The molecule has 2 aliphatic heterocycles. The van der Waals surface area contributed by atoms with E-state index in [0.29, 0.717) is 6.61 Å². The molecule has 0 fully saturated rings. The van der Waals surface area contributed by atoms with Crippen LogP contribution in [0.4, 0.5) is 13.2 Å². The number of nitrogens with zero attached hydrogens (tertiary/aromatic N) is 2. The van der Waals surface area contributed by atoms with E-state index in [-0.39, 0.29) is 17.7 Å². The summed E-state index contributed by atoms with van der Waals surface area (Å²) in [6.07, 6.45) is -4.70. The maximum absolute atomic E-state index is 12.3. The molecular formula is C18H14BrF3N2O2. The van der Waals surface area contributed by atoms with Crippen LogP contribution < -0.4 is 9.47 Å². The van der Waals surface area contributed by atoms with Gasteiger partial charge >= 0.3 is 6.36 Å². The average molecular weight is 427 g/mol. The van der Waals surface area contributed by atoms with Crippen molar-refractivity contribution in [3.63, 3.8) is 0 Å². The zero-order valence-corrected chi connectivity index (χ0v) is 15.2. The summed E-state index contributed by atoms with van der Waals surface area (Å²) in [6, 6.07) is 11.6. The number of rotatable bonds is 2. The van der Waals surface area contributed by atoms with Gasteiger partial charge in [-0.2, -0.15) is 5.10 Å². The van der Waals surface area contributed by atoms with Crippen molar-refractivity contribution in [2.24, 2.45) is 11.0 Å². The molecule has 0 spiro atoms. The van der Waals surface area contributed by atoms with Gasteiger partial charge in [0.15, 0.2) is 0 Å². The van der Waals surface area contributed by atoms with Crippen molar-refractivity contribution < 1.29 is 22.6 Å². The third-order valence-corrected chi connectivity index (χ3v) is 4.99. The van der Waals surface area contributed by atoms with Crippen molar-refractivity contribution in [3.8, 4) is 11.5 Å². The molecule has 4 nitrogen and oxygen atoms in total. The molecule has 2 aliphatic rings. The summed E-state index contributed by atoms with van der Waals surface area (Å²) in [5, 5.41) is 6.50. The van der Waals surface area contributed by atoms with Crippen LogP contribution in [0.25, 0.3) is 0 Å². The van der Waals surface area contributed by atoms with Gasteiger partial charge in [-0.3, -0.25) is 5.01 Å². The Morgan fingerprint density at radius 1 is 1.19 bits per heavy atom. The molecule has 4 rings (SSSR count). The van der Waals surface area contributed by atoms with Crippen LogP contribution in [0.5, 0.6) is 11.5 Å². The van der Waals surface area contributed by atoms with E-state index in [1.807, 2.05) is 30.3 Å². The standard InChI is InChI=1S/C18H14BrF3N2O2/c1-24-17(10-2-5-12(6-3-10)26-18(20,21)22)14-9-25-15-8-11(19)4-7-13(15)16(14)23-24/h2-8,14,17H,9H2,1H3. The predicted molar refractivity (Wildman–Crippen MR) is 93.3 cm³/mol. The molecule has 136 valence electrons. The first-order valence-corrected chi connectivity index (χ1v) is 8.71. The predicted octanol–water partition coefficient (Wildman–Crippen LogP) is 4.75. The number of ether oxygens (including phenoxy) is 2. The van der Waals surface area contributed by atoms with E-state index in [2.05, 4.69) is 25.8 Å². The maximum Gasteiger partial charge on any atom is 0.573 e. The highest BCUT2D eigenvalue weighted by Gasteiger charge is 2.41. The highest BCUT2D eigenvalue weighted by molar-refractivity contribution is 9.10. The zero-order valence-electron chi connectivity index (χ0n) is 13.6. The molecule has 2 atom stereocenters. The maximum atomic E-state index is 12.3. The van der Waals surface area contributed by atoms with Gasteiger partial charge in [-0.05, 0) is 35.9 Å². The minimum atomic E-state index is -4.70. The summed E-state index contributed by atoms with van der Waals surface area (Å²) in [4.78, 5) is 0. The Bertz CT molecular complexity index is 868. The van der Waals surface area contributed by atoms with E-state index in [1.54, 1.807) is 12.1 Å². The first-order chi connectivity index (χ1) is 12.3. The molecule has 26 heavy (non-hydrogen) atoms. The van der Waals surface area contributed by atoms with E-state index < -0.39 is 6.36 Å². The largest absolute Gasteiger partial charge is 0.573 e. The number of hydrogen-bond donors (Lipinski definition) is 0. The van der Waals surface area contributed by atoms with Gasteiger partial charge < -0.3 is 9.47 Å². The Kier molecular flexibility index (Phi) is 4.10. The van der Waals surface area contributed by atoms with E-state index in [1.165, 1.54) is 12.1 Å². The molecule has 2 aromatic carbocycles. The van der Waals surface area contributed by atoms with Crippen LogP contribution in [0.3, 0.4) is 0 Å². The minimum absolute atomic E-state index is 0.00283. The van der Waals surface area contributed by atoms with Crippen molar-refractivity contribution in [2.75, 3.05) is 13.7 Å². The van der Waals surface area contributed by atoms with Gasteiger partial charge in [-0.25, -0.2) is 0 Å². The van der Waals surface area contributed by atoms with Crippen molar-refractivity contribution in [1.82, 2.24) is 5.01 Å². The van der Waals surface area contributed by atoms with Gasteiger partial charge in [-0.1, -0.05) is 28.1 Å². The summed E-state index contributed by atoms with van der Waals surface area (Å²) < 4.78 is 47.7. The fourth-order valence-electron chi connectivity index (χ4n) is 3.46. The number of benzene rings is 2. The second kappa shape index (κ2) is 6.19. The fourth-order valence-corrected chi connectivity index (χ4v) is 3.80. The molecule has 0 saturated carbocycles. The molecule has 0 N–H and O–H groups in total. The Balaban J connectivity index is 1.61. The average Bonchev–Trinajstić information content (AvgIpc) is 2.90. The lowest BCUT2D eigenvalue weighted by molar-refractivity contribution is -0.274. The van der Waals surface area contributed by atoms with Gasteiger partial charge in [0, 0.05) is 17.1 Å². The fraction of sp³-hybridized carbons (Fsp3) is 0.278. The number of hydrazone groups is 1. The summed E-state index contributed by atoms with van der Waals surface area (Å²) in [6.45, 7) is 0.456. The quantitative estimate of drug-likeness (QED) is 0.694. The van der Waals surface area contributed by atoms with Crippen LogP contribution in [0.2, 0.25) is 0 Å². The number of fused-ring (bicyclic) bond motifs is 3. The van der Waals surface area contributed by atoms with E-state index in [0.717, 1.165) is 27.1 Å². The van der Waals surface area contributed by atoms with Crippen LogP contribution in [0.1, 0.15) is 17.2 Å². The lowest BCUT2D eigenvalue weighted by atomic mass is 9.86. The normalized spacial score (nSPS) is 21.6. The molecule has 0 aliphatic carbocycles. The van der Waals surface area contributed by atoms with Gasteiger partial charge in [0.1, 0.15) is 11.5 Å². The SMILES string of the molecule is CN1N=C2c3ccc(Br)cc3OCC2C1c1ccc(OC(F)(F)F)cc1. The zero-order chi connectivity index (χ0) is 18.5. The van der Waals surface area contributed by atoms with Crippen LogP contribution in [0, 0.1) is 5.92 Å². The third kappa shape index (κ3) is 3.13. The first-order valence-electron chi connectivity index (χ1n) is 7.91. The molecule has 0 bridgehead atoms. The molecule has 0 saturated heterocycles. The highest BCUT2D eigenvalue weighted by atomic mass is 79.9. The smallest absolute Gasteiger partial charge is 0.492 e. The van der Waals surface area contributed by atoms with Crippen LogP contribution in [-0.4, -0.2) is 30.7 Å². The van der Waals surface area contributed by atoms with E-state index >= 15 is 0 Å². The Morgan fingerprint density at radius 2 is 1.92 bits per heavy atom. The van der Waals surface area contributed by atoms with Crippen molar-refractivity contribution in [2.45, 2.75) is 12.4 Å². The lowest BCUT2D eigenvalue weighted by Crippen LogP contribution is -2.32. The first kappa shape index (κ1) is 17.2. The van der Waals surface area contributed by atoms with Crippen molar-refractivity contribution in [3.05, 3.63) is 58.1 Å². The van der Waals surface area contributed by atoms with Crippen LogP contribution in [0.15, 0.2) is 52.0 Å². The molecule has 0 radical (unpaired) electrons. The molecular weight excluding hydrogens is 413 g/mol. The summed E-state index contributed by atoms with van der Waals surface area (Å²) in [5.74, 6) is 0.540. The highest BCUT2D eigenvalue weighted by Crippen LogP contribution is 2.42. The van der Waals surface area contributed by atoms with E-state index in [4.69, 9.17) is 4.74 Å². The third-order valence-electron chi connectivity index (χ3n) is 4.49. The molecule has 2 unspecified atom stereocenters. The monoisotopic (exact) mass is 426 g/mol. The Hall–Kier alpha value is -2.22. The van der Waals surface area contributed by atoms with E-state index in [9.17, 15) is 13.2 Å². The van der Waals surface area contributed by atoms with Crippen molar-refractivity contribution >= 4 is 21.6 Å². The van der Waals surface area contributed by atoms with Gasteiger partial charge in [0.2, 0.25) is 0 Å². The summed E-state index contributed by atoms with van der Waals surface area (Å²) in [7, 11) is 1.86. The minimum Gasteiger partial charge on any atom is -0.492 e. The van der Waals surface area contributed by atoms with Gasteiger partial charge in [0.05, 0.1) is 24.3 Å². The van der Waals surface area contributed by atoms with Crippen LogP contribution >= 0.6 is 15.9 Å². The van der Waals surface area contributed by atoms with Gasteiger partial charge in [-0.15, -0.1) is 13.2 Å². The summed E-state index contributed by atoms with van der Waals surface area (Å²) >= 11 is 3.43. The second-order valence-electron chi connectivity index (χ2n) is 6.18. The topological polar surface area (TPSA) is 34.1 Å².